The Hall–Kier alpha value is -3.34. The third-order valence-electron chi connectivity index (χ3n) is 5.78. The van der Waals surface area contributed by atoms with Crippen molar-refractivity contribution in [1.82, 2.24) is 4.90 Å². The van der Waals surface area contributed by atoms with Gasteiger partial charge in [-0.05, 0) is 22.3 Å². The van der Waals surface area contributed by atoms with Gasteiger partial charge in [0.15, 0.2) is 0 Å². The van der Waals surface area contributed by atoms with E-state index in [0.29, 0.717) is 18.8 Å². The van der Waals surface area contributed by atoms with Crippen molar-refractivity contribution in [1.29, 1.82) is 0 Å². The number of carbonyl (C=O) groups is 1. The van der Waals surface area contributed by atoms with Gasteiger partial charge < -0.3 is 4.74 Å². The molecule has 35 heavy (non-hydrogen) atoms. The molecule has 3 nitrogen and oxygen atoms in total. The molecule has 0 unspecified atom stereocenters. The molecule has 4 heteroatoms. The van der Waals surface area contributed by atoms with Crippen LogP contribution < -0.4 is 0 Å². The predicted molar refractivity (Wildman–Crippen MR) is 145 cm³/mol. The van der Waals surface area contributed by atoms with E-state index in [1.807, 2.05) is 72.8 Å². The van der Waals surface area contributed by atoms with E-state index in [2.05, 4.69) is 53.4 Å². The van der Waals surface area contributed by atoms with Gasteiger partial charge in [-0.15, -0.1) is 0 Å². The summed E-state index contributed by atoms with van der Waals surface area (Å²) in [5.41, 5.74) is 4.61. The van der Waals surface area contributed by atoms with Crippen molar-refractivity contribution >= 4 is 17.7 Å². The molecule has 0 N–H and O–H groups in total. The van der Waals surface area contributed by atoms with E-state index in [-0.39, 0.29) is 18.6 Å². The molecule has 178 valence electrons. The number of rotatable bonds is 12. The molecular formula is C31H31NO2S. The second kappa shape index (κ2) is 13.5. The third-order valence-corrected chi connectivity index (χ3v) is 6.87. The van der Waals surface area contributed by atoms with Gasteiger partial charge in [0.25, 0.3) is 0 Å². The fraction of sp³-hybridized carbons (Fsp3) is 0.194. The van der Waals surface area contributed by atoms with Gasteiger partial charge >= 0.3 is 5.97 Å². The number of thioether (sulfide) groups is 1. The number of ether oxygens (including phenoxy) is 1. The Morgan fingerprint density at radius 3 is 1.54 bits per heavy atom. The van der Waals surface area contributed by atoms with Crippen molar-refractivity contribution in [2.75, 3.05) is 5.75 Å². The third kappa shape index (κ3) is 8.13. The first kappa shape index (κ1) is 24.8. The summed E-state index contributed by atoms with van der Waals surface area (Å²) in [5.74, 6) is 1.33. The fourth-order valence-corrected chi connectivity index (χ4v) is 5.04. The molecule has 0 spiro atoms. The zero-order valence-electron chi connectivity index (χ0n) is 19.8. The highest BCUT2D eigenvalue weighted by molar-refractivity contribution is 7.98. The SMILES string of the molecule is O=C(OCc1ccccc1)[C@H](CSCc1ccccc1)N(Cc1ccccc1)Cc1ccccc1. The fourth-order valence-electron chi connectivity index (χ4n) is 3.92. The number of hydrogen-bond acceptors (Lipinski definition) is 4. The van der Waals surface area contributed by atoms with Crippen LogP contribution in [0.25, 0.3) is 0 Å². The second-order valence-corrected chi connectivity index (χ2v) is 9.52. The number of hydrogen-bond donors (Lipinski definition) is 0. The molecule has 0 aromatic heterocycles. The van der Waals surface area contributed by atoms with E-state index in [1.54, 1.807) is 11.8 Å². The summed E-state index contributed by atoms with van der Waals surface area (Å²) < 4.78 is 5.86. The Morgan fingerprint density at radius 2 is 1.06 bits per heavy atom. The van der Waals surface area contributed by atoms with Crippen molar-refractivity contribution in [2.24, 2.45) is 0 Å². The van der Waals surface area contributed by atoms with Crippen molar-refractivity contribution < 1.29 is 9.53 Å². The summed E-state index contributed by atoms with van der Waals surface area (Å²) in [6.07, 6.45) is 0. The highest BCUT2D eigenvalue weighted by Crippen LogP contribution is 2.21. The van der Waals surface area contributed by atoms with Crippen molar-refractivity contribution in [2.45, 2.75) is 31.5 Å². The Morgan fingerprint density at radius 1 is 0.629 bits per heavy atom. The largest absolute Gasteiger partial charge is 0.460 e. The zero-order chi connectivity index (χ0) is 24.1. The van der Waals surface area contributed by atoms with Crippen LogP contribution in [0.5, 0.6) is 0 Å². The minimum atomic E-state index is -0.368. The molecule has 1 atom stereocenters. The van der Waals surface area contributed by atoms with Crippen LogP contribution in [0.4, 0.5) is 0 Å². The monoisotopic (exact) mass is 481 g/mol. The summed E-state index contributed by atoms with van der Waals surface area (Å²) in [6, 6.07) is 40.6. The summed E-state index contributed by atoms with van der Waals surface area (Å²) in [7, 11) is 0. The highest BCUT2D eigenvalue weighted by Gasteiger charge is 2.28. The van der Waals surface area contributed by atoms with Crippen LogP contribution in [-0.2, 0) is 35.0 Å². The molecule has 0 aliphatic carbocycles. The molecule has 0 aliphatic heterocycles. The maximum absolute atomic E-state index is 13.5. The highest BCUT2D eigenvalue weighted by atomic mass is 32.2. The molecule has 0 bridgehead atoms. The van der Waals surface area contributed by atoms with Crippen LogP contribution in [0.15, 0.2) is 121 Å². The van der Waals surface area contributed by atoms with Crippen molar-refractivity contribution in [3.63, 3.8) is 0 Å². The first-order valence-corrected chi connectivity index (χ1v) is 13.1. The van der Waals surface area contributed by atoms with E-state index in [1.165, 1.54) is 16.7 Å². The summed E-state index contributed by atoms with van der Waals surface area (Å²) in [5, 5.41) is 0. The number of carbonyl (C=O) groups excluding carboxylic acids is 1. The number of nitrogens with zero attached hydrogens (tertiary/aromatic N) is 1. The van der Waals surface area contributed by atoms with Gasteiger partial charge in [0.05, 0.1) is 0 Å². The normalized spacial score (nSPS) is 11.8. The van der Waals surface area contributed by atoms with E-state index in [4.69, 9.17) is 4.74 Å². The topological polar surface area (TPSA) is 29.5 Å². The lowest BCUT2D eigenvalue weighted by Crippen LogP contribution is -2.43. The van der Waals surface area contributed by atoms with Gasteiger partial charge in [0, 0.05) is 24.6 Å². The Kier molecular flexibility index (Phi) is 9.57. The lowest BCUT2D eigenvalue weighted by Gasteiger charge is -2.30. The first-order valence-electron chi connectivity index (χ1n) is 11.9. The Labute approximate surface area is 212 Å². The van der Waals surface area contributed by atoms with Gasteiger partial charge in [-0.1, -0.05) is 121 Å². The van der Waals surface area contributed by atoms with Crippen molar-refractivity contribution in [3.8, 4) is 0 Å². The lowest BCUT2D eigenvalue weighted by molar-refractivity contribution is -0.151. The maximum Gasteiger partial charge on any atom is 0.324 e. The van der Waals surface area contributed by atoms with Crippen LogP contribution in [0.2, 0.25) is 0 Å². The van der Waals surface area contributed by atoms with Gasteiger partial charge in [0.2, 0.25) is 0 Å². The van der Waals surface area contributed by atoms with Crippen LogP contribution >= 0.6 is 11.8 Å². The number of benzene rings is 4. The van der Waals surface area contributed by atoms with E-state index in [9.17, 15) is 4.79 Å². The maximum atomic E-state index is 13.5. The molecule has 0 fully saturated rings. The van der Waals surface area contributed by atoms with Crippen LogP contribution in [0.3, 0.4) is 0 Å². The molecule has 4 aromatic carbocycles. The molecular weight excluding hydrogens is 450 g/mol. The average Bonchev–Trinajstić information content (AvgIpc) is 2.92. The van der Waals surface area contributed by atoms with Gasteiger partial charge in [-0.25, -0.2) is 0 Å². The van der Waals surface area contributed by atoms with E-state index < -0.39 is 0 Å². The molecule has 0 heterocycles. The molecule has 0 saturated carbocycles. The minimum Gasteiger partial charge on any atom is -0.460 e. The molecule has 0 radical (unpaired) electrons. The number of esters is 1. The second-order valence-electron chi connectivity index (χ2n) is 8.49. The minimum absolute atomic E-state index is 0.179. The average molecular weight is 482 g/mol. The molecule has 0 saturated heterocycles. The van der Waals surface area contributed by atoms with E-state index >= 15 is 0 Å². The smallest absolute Gasteiger partial charge is 0.324 e. The van der Waals surface area contributed by atoms with Gasteiger partial charge in [-0.2, -0.15) is 11.8 Å². The lowest BCUT2D eigenvalue weighted by atomic mass is 10.1. The van der Waals surface area contributed by atoms with Crippen LogP contribution in [-0.4, -0.2) is 22.7 Å². The van der Waals surface area contributed by atoms with Crippen LogP contribution in [0, 0.1) is 0 Å². The van der Waals surface area contributed by atoms with Gasteiger partial charge in [0.1, 0.15) is 12.6 Å². The quantitative estimate of drug-likeness (QED) is 0.210. The summed E-state index contributed by atoms with van der Waals surface area (Å²) in [6.45, 7) is 1.63. The van der Waals surface area contributed by atoms with Crippen LogP contribution in [0.1, 0.15) is 22.3 Å². The molecule has 0 amide bonds. The van der Waals surface area contributed by atoms with E-state index in [0.717, 1.165) is 11.3 Å². The molecule has 0 aliphatic rings. The molecule has 4 aromatic rings. The first-order chi connectivity index (χ1) is 17.3. The molecule has 4 rings (SSSR count). The zero-order valence-corrected chi connectivity index (χ0v) is 20.6. The Balaban J connectivity index is 1.53. The Bertz CT molecular complexity index is 1100. The summed E-state index contributed by atoms with van der Waals surface area (Å²) >= 11 is 1.77. The predicted octanol–water partition coefficient (Wildman–Crippen LogP) is 6.73. The van der Waals surface area contributed by atoms with Crippen molar-refractivity contribution in [3.05, 3.63) is 144 Å². The summed E-state index contributed by atoms with van der Waals surface area (Å²) in [4.78, 5) is 15.7. The standard InChI is InChI=1S/C31H31NO2S/c33-31(34-23-28-17-9-3-10-18-28)30(25-35-24-29-19-11-4-12-20-29)32(21-26-13-5-1-6-14-26)22-27-15-7-2-8-16-27/h1-20,30H,21-25H2/t30-/m0/s1. The van der Waals surface area contributed by atoms with Gasteiger partial charge in [-0.3, -0.25) is 9.69 Å².